The normalized spacial score (nSPS) is 10.9. The molecule has 178 valence electrons. The van der Waals surface area contributed by atoms with Crippen molar-refractivity contribution >= 4 is 29.4 Å². The van der Waals surface area contributed by atoms with Gasteiger partial charge in [-0.1, -0.05) is 18.2 Å². The van der Waals surface area contributed by atoms with Gasteiger partial charge >= 0.3 is 0 Å². The first-order valence-electron chi connectivity index (χ1n) is 10.9. The summed E-state index contributed by atoms with van der Waals surface area (Å²) in [5, 5.41) is 6.81. The number of anilines is 1. The number of nitrogens with zero attached hydrogens (tertiary/aromatic N) is 3. The van der Waals surface area contributed by atoms with Gasteiger partial charge in [0.15, 0.2) is 6.61 Å². The average molecular weight is 472 g/mol. The van der Waals surface area contributed by atoms with Gasteiger partial charge in [0, 0.05) is 6.20 Å². The van der Waals surface area contributed by atoms with Crippen LogP contribution in [0.3, 0.4) is 0 Å². The topological polar surface area (TPSA) is 106 Å². The molecule has 0 radical (unpaired) electrons. The number of benzene rings is 2. The van der Waals surface area contributed by atoms with E-state index in [1.807, 2.05) is 37.4 Å². The number of aromatic nitrogens is 2. The van der Waals surface area contributed by atoms with E-state index in [0.29, 0.717) is 34.2 Å². The molecule has 2 N–H and O–H groups in total. The van der Waals surface area contributed by atoms with E-state index in [9.17, 15) is 9.59 Å². The maximum atomic E-state index is 12.7. The number of pyridine rings is 1. The fourth-order valence-electron chi connectivity index (χ4n) is 3.49. The second kappa shape index (κ2) is 10.5. The summed E-state index contributed by atoms with van der Waals surface area (Å²) in [6, 6.07) is 17.9. The second-order valence-electron chi connectivity index (χ2n) is 7.79. The number of hydrogen-bond donors (Lipinski definition) is 2. The number of carbonyl (C=O) groups is 2. The van der Waals surface area contributed by atoms with Gasteiger partial charge in [-0.3, -0.25) is 14.0 Å². The molecule has 2 heterocycles. The molecule has 0 aliphatic heterocycles. The molecule has 4 rings (SSSR count). The molecule has 9 heteroatoms. The van der Waals surface area contributed by atoms with Crippen molar-refractivity contribution in [1.29, 1.82) is 0 Å². The number of carbonyl (C=O) groups excluding carboxylic acids is 2. The predicted molar refractivity (Wildman–Crippen MR) is 133 cm³/mol. The van der Waals surface area contributed by atoms with E-state index in [1.165, 1.54) is 6.21 Å². The van der Waals surface area contributed by atoms with E-state index in [-0.39, 0.29) is 18.4 Å². The highest BCUT2D eigenvalue weighted by Crippen LogP contribution is 2.23. The van der Waals surface area contributed by atoms with Gasteiger partial charge in [0.1, 0.15) is 22.8 Å². The Morgan fingerprint density at radius 3 is 2.60 bits per heavy atom. The van der Waals surface area contributed by atoms with Gasteiger partial charge in [-0.25, -0.2) is 10.4 Å². The van der Waals surface area contributed by atoms with Crippen LogP contribution in [0, 0.1) is 13.8 Å². The van der Waals surface area contributed by atoms with Gasteiger partial charge in [0.05, 0.1) is 24.7 Å². The quantitative estimate of drug-likeness (QED) is 0.301. The minimum Gasteiger partial charge on any atom is -0.495 e. The van der Waals surface area contributed by atoms with Crippen molar-refractivity contribution in [2.75, 3.05) is 19.0 Å². The monoisotopic (exact) mass is 471 g/mol. The lowest BCUT2D eigenvalue weighted by atomic mass is 10.2. The van der Waals surface area contributed by atoms with Crippen LogP contribution in [0.15, 0.2) is 72.0 Å². The summed E-state index contributed by atoms with van der Waals surface area (Å²) in [6.45, 7) is 3.59. The molecule has 2 aromatic heterocycles. The van der Waals surface area contributed by atoms with E-state index in [4.69, 9.17) is 9.47 Å². The SMILES string of the molecule is COc1ccccc1NC(=O)COc1ccc(/C=N\NC(=O)c2c(C)nc3ccc(C)cn23)cc1. The largest absolute Gasteiger partial charge is 0.495 e. The number of aryl methyl sites for hydroxylation is 2. The Labute approximate surface area is 202 Å². The molecule has 2 amide bonds. The maximum Gasteiger partial charge on any atom is 0.290 e. The third kappa shape index (κ3) is 5.64. The number of ether oxygens (including phenoxy) is 2. The van der Waals surface area contributed by atoms with Gasteiger partial charge in [0.2, 0.25) is 0 Å². The van der Waals surface area contributed by atoms with E-state index in [2.05, 4.69) is 20.8 Å². The van der Waals surface area contributed by atoms with Crippen molar-refractivity contribution in [2.24, 2.45) is 5.10 Å². The first-order valence-corrected chi connectivity index (χ1v) is 10.9. The standard InChI is InChI=1S/C26H25N5O4/c1-17-8-13-23-28-18(2)25(31(23)15-17)26(33)30-27-14-19-9-11-20(12-10-19)35-16-24(32)29-21-6-4-5-7-22(21)34-3/h4-15H,16H2,1-3H3,(H,29,32)(H,30,33)/b27-14-. The van der Waals surface area contributed by atoms with Crippen LogP contribution >= 0.6 is 0 Å². The van der Waals surface area contributed by atoms with Gasteiger partial charge < -0.3 is 14.8 Å². The van der Waals surface area contributed by atoms with Crippen molar-refractivity contribution in [1.82, 2.24) is 14.8 Å². The Morgan fingerprint density at radius 2 is 1.83 bits per heavy atom. The van der Waals surface area contributed by atoms with Crippen LogP contribution in [0.1, 0.15) is 27.3 Å². The lowest BCUT2D eigenvalue weighted by Gasteiger charge is -2.10. The van der Waals surface area contributed by atoms with E-state index in [1.54, 1.807) is 54.8 Å². The van der Waals surface area contributed by atoms with Crippen molar-refractivity contribution < 1.29 is 19.1 Å². The van der Waals surface area contributed by atoms with Crippen molar-refractivity contribution in [3.05, 3.63) is 89.4 Å². The molecule has 9 nitrogen and oxygen atoms in total. The number of nitrogens with one attached hydrogen (secondary N) is 2. The fourth-order valence-corrected chi connectivity index (χ4v) is 3.49. The van der Waals surface area contributed by atoms with E-state index >= 15 is 0 Å². The Hall–Kier alpha value is -4.66. The number of rotatable bonds is 8. The zero-order valence-electron chi connectivity index (χ0n) is 19.6. The number of hydrogen-bond acceptors (Lipinski definition) is 6. The number of fused-ring (bicyclic) bond motifs is 1. The smallest absolute Gasteiger partial charge is 0.290 e. The minimum absolute atomic E-state index is 0.153. The second-order valence-corrected chi connectivity index (χ2v) is 7.79. The first-order chi connectivity index (χ1) is 16.9. The molecule has 35 heavy (non-hydrogen) atoms. The van der Waals surface area contributed by atoms with Crippen molar-refractivity contribution in [3.8, 4) is 11.5 Å². The summed E-state index contributed by atoms with van der Waals surface area (Å²) in [5.74, 6) is 0.444. The molecule has 0 saturated carbocycles. The zero-order chi connectivity index (χ0) is 24.8. The molecule has 0 saturated heterocycles. The predicted octanol–water partition coefficient (Wildman–Crippen LogP) is 3.74. The lowest BCUT2D eigenvalue weighted by molar-refractivity contribution is -0.118. The lowest BCUT2D eigenvalue weighted by Crippen LogP contribution is -2.20. The van der Waals surface area contributed by atoms with Crippen LogP contribution in [0.5, 0.6) is 11.5 Å². The number of hydrazone groups is 1. The van der Waals surface area contributed by atoms with Crippen molar-refractivity contribution in [2.45, 2.75) is 13.8 Å². The molecule has 0 aliphatic rings. The summed E-state index contributed by atoms with van der Waals surface area (Å²) in [7, 11) is 1.54. The van der Waals surface area contributed by atoms with Gasteiger partial charge in [-0.2, -0.15) is 5.10 Å². The Kier molecular flexibility index (Phi) is 7.06. The van der Waals surface area contributed by atoms with Crippen LogP contribution in [-0.4, -0.2) is 41.1 Å². The van der Waals surface area contributed by atoms with Crippen LogP contribution in [0.4, 0.5) is 5.69 Å². The van der Waals surface area contributed by atoms with Gasteiger partial charge in [-0.15, -0.1) is 0 Å². The Balaban J connectivity index is 1.31. The maximum absolute atomic E-state index is 12.7. The van der Waals surface area contributed by atoms with Crippen LogP contribution < -0.4 is 20.2 Å². The molecular formula is C26H25N5O4. The van der Waals surface area contributed by atoms with Gasteiger partial charge in [0.25, 0.3) is 11.8 Å². The van der Waals surface area contributed by atoms with Crippen LogP contribution in [0.25, 0.3) is 5.65 Å². The molecule has 0 bridgehead atoms. The van der Waals surface area contributed by atoms with Crippen LogP contribution in [-0.2, 0) is 4.79 Å². The third-order valence-corrected chi connectivity index (χ3v) is 5.17. The third-order valence-electron chi connectivity index (χ3n) is 5.17. The molecule has 2 aromatic carbocycles. The summed E-state index contributed by atoms with van der Waals surface area (Å²) in [6.07, 6.45) is 3.39. The van der Waals surface area contributed by atoms with Crippen LogP contribution in [0.2, 0.25) is 0 Å². The molecule has 0 unspecified atom stereocenters. The van der Waals surface area contributed by atoms with Crippen molar-refractivity contribution in [3.63, 3.8) is 0 Å². The number of imidazole rings is 1. The number of amides is 2. The summed E-state index contributed by atoms with van der Waals surface area (Å²) in [5.41, 5.74) is 6.66. The average Bonchev–Trinajstić information content (AvgIpc) is 3.18. The minimum atomic E-state index is -0.349. The molecule has 0 atom stereocenters. The zero-order valence-corrected chi connectivity index (χ0v) is 19.6. The highest BCUT2D eigenvalue weighted by molar-refractivity contribution is 5.95. The summed E-state index contributed by atoms with van der Waals surface area (Å²) >= 11 is 0. The van der Waals surface area contributed by atoms with E-state index in [0.717, 1.165) is 11.1 Å². The Bertz CT molecular complexity index is 1390. The Morgan fingerprint density at radius 1 is 1.06 bits per heavy atom. The molecule has 0 fully saturated rings. The first kappa shape index (κ1) is 23.5. The molecule has 4 aromatic rings. The summed E-state index contributed by atoms with van der Waals surface area (Å²) in [4.78, 5) is 29.3. The summed E-state index contributed by atoms with van der Waals surface area (Å²) < 4.78 is 12.5. The molecule has 0 spiro atoms. The number of methoxy groups -OCH3 is 1. The highest BCUT2D eigenvalue weighted by atomic mass is 16.5. The molecule has 0 aliphatic carbocycles. The highest BCUT2D eigenvalue weighted by Gasteiger charge is 2.16. The van der Waals surface area contributed by atoms with E-state index < -0.39 is 0 Å². The fraction of sp³-hybridized carbons (Fsp3) is 0.154. The van der Waals surface area contributed by atoms with Gasteiger partial charge in [-0.05, 0) is 67.4 Å². The number of para-hydroxylation sites is 2. The molecular weight excluding hydrogens is 446 g/mol.